The first-order chi connectivity index (χ1) is 23.3. The summed E-state index contributed by atoms with van der Waals surface area (Å²) in [7, 11) is -2.02. The van der Waals surface area contributed by atoms with Crippen molar-refractivity contribution in [1.82, 2.24) is 9.80 Å². The van der Waals surface area contributed by atoms with E-state index in [2.05, 4.69) is 9.62 Å². The van der Waals surface area contributed by atoms with Crippen molar-refractivity contribution in [3.63, 3.8) is 0 Å². The standard InChI is InChI=1S/C36H46ClN3O8S/c1-24-20-40(25(2)23-41)35(42)32-19-30(38-49(45,46)31-15-12-29(37)13-16-31)14-17-33(32)48-26(3)7-5-6-18-47-34(24)22-39(4)21-27-8-10-28(11-9-27)36(43)44/h8-17,19,24-26,34,38,41H,5-7,18,20-23H2,1-4H3,(H,43,44)/t24-,25-,26-,34-/m0/s1. The molecule has 13 heteroatoms. The largest absolute Gasteiger partial charge is 0.490 e. The number of carboxylic acids is 1. The molecule has 49 heavy (non-hydrogen) atoms. The number of aliphatic hydroxyl groups excluding tert-OH is 1. The highest BCUT2D eigenvalue weighted by Gasteiger charge is 2.31. The first-order valence-corrected chi connectivity index (χ1v) is 18.3. The molecule has 0 aliphatic carbocycles. The molecule has 1 heterocycles. The first-order valence-electron chi connectivity index (χ1n) is 16.4. The van der Waals surface area contributed by atoms with Gasteiger partial charge < -0.3 is 24.6 Å². The number of amides is 1. The predicted octanol–water partition coefficient (Wildman–Crippen LogP) is 5.77. The molecule has 0 bridgehead atoms. The highest BCUT2D eigenvalue weighted by atomic mass is 35.5. The fraction of sp³-hybridized carbons (Fsp3) is 0.444. The fourth-order valence-electron chi connectivity index (χ4n) is 5.71. The van der Waals surface area contributed by atoms with Crippen molar-refractivity contribution in [2.45, 2.75) is 69.7 Å². The van der Waals surface area contributed by atoms with Gasteiger partial charge in [0.25, 0.3) is 15.9 Å². The third-order valence-electron chi connectivity index (χ3n) is 8.57. The summed E-state index contributed by atoms with van der Waals surface area (Å²) in [6, 6.07) is 16.6. The van der Waals surface area contributed by atoms with E-state index in [9.17, 15) is 28.2 Å². The Hall–Kier alpha value is -3.68. The minimum Gasteiger partial charge on any atom is -0.490 e. The Morgan fingerprint density at radius 1 is 1.08 bits per heavy atom. The van der Waals surface area contributed by atoms with Crippen molar-refractivity contribution < 1.29 is 37.7 Å². The van der Waals surface area contributed by atoms with Crippen LogP contribution in [-0.4, -0.2) is 91.9 Å². The number of hydrogen-bond donors (Lipinski definition) is 3. The summed E-state index contributed by atoms with van der Waals surface area (Å²) < 4.78 is 41.6. The summed E-state index contributed by atoms with van der Waals surface area (Å²) in [5.41, 5.74) is 1.54. The number of ether oxygens (including phenoxy) is 2. The van der Waals surface area contributed by atoms with Crippen LogP contribution in [0.1, 0.15) is 66.3 Å². The molecule has 266 valence electrons. The molecule has 3 aromatic rings. The number of sulfonamides is 1. The van der Waals surface area contributed by atoms with Gasteiger partial charge in [-0.1, -0.05) is 30.7 Å². The van der Waals surface area contributed by atoms with E-state index in [-0.39, 0.29) is 53.0 Å². The lowest BCUT2D eigenvalue weighted by Gasteiger charge is -2.36. The number of aromatic carboxylic acids is 1. The summed E-state index contributed by atoms with van der Waals surface area (Å²) in [5, 5.41) is 19.9. The quantitative estimate of drug-likeness (QED) is 0.238. The Labute approximate surface area is 293 Å². The van der Waals surface area contributed by atoms with Gasteiger partial charge in [0.05, 0.1) is 40.9 Å². The number of aliphatic hydroxyl groups is 1. The summed E-state index contributed by atoms with van der Waals surface area (Å²) in [5.74, 6) is -1.22. The minimum absolute atomic E-state index is 0.0193. The zero-order valence-corrected chi connectivity index (χ0v) is 29.9. The second-order valence-corrected chi connectivity index (χ2v) is 14.9. The Morgan fingerprint density at radius 2 is 1.78 bits per heavy atom. The maximum Gasteiger partial charge on any atom is 0.335 e. The van der Waals surface area contributed by atoms with Crippen LogP contribution in [-0.2, 0) is 21.3 Å². The third-order valence-corrected chi connectivity index (χ3v) is 10.2. The summed E-state index contributed by atoms with van der Waals surface area (Å²) in [6.07, 6.45) is 1.86. The van der Waals surface area contributed by atoms with E-state index in [0.717, 1.165) is 18.4 Å². The van der Waals surface area contributed by atoms with Crippen LogP contribution in [0.4, 0.5) is 5.69 Å². The normalized spacial score (nSPS) is 20.2. The van der Waals surface area contributed by atoms with Crippen molar-refractivity contribution in [2.24, 2.45) is 5.92 Å². The Morgan fingerprint density at radius 3 is 2.43 bits per heavy atom. The molecule has 1 aliphatic rings. The van der Waals surface area contributed by atoms with E-state index in [1.165, 1.54) is 30.3 Å². The van der Waals surface area contributed by atoms with Crippen molar-refractivity contribution in [3.8, 4) is 5.75 Å². The van der Waals surface area contributed by atoms with Crippen LogP contribution in [0.5, 0.6) is 5.75 Å². The van der Waals surface area contributed by atoms with Crippen molar-refractivity contribution >= 4 is 39.2 Å². The SMILES string of the molecule is C[C@H]1CCCCO[C@@H](CN(C)Cc2ccc(C(=O)O)cc2)[C@@H](C)CN([C@@H](C)CO)C(=O)c2cc(NS(=O)(=O)c3ccc(Cl)cc3)ccc2O1. The number of nitrogens with one attached hydrogen (secondary N) is 1. The molecule has 0 aromatic heterocycles. The predicted molar refractivity (Wildman–Crippen MR) is 189 cm³/mol. The van der Waals surface area contributed by atoms with Gasteiger partial charge in [-0.3, -0.25) is 14.4 Å². The Bertz CT molecular complexity index is 1670. The Kier molecular flexibility index (Phi) is 13.5. The monoisotopic (exact) mass is 715 g/mol. The van der Waals surface area contributed by atoms with E-state index < -0.39 is 27.9 Å². The molecular formula is C36H46ClN3O8S. The maximum absolute atomic E-state index is 14.4. The molecule has 11 nitrogen and oxygen atoms in total. The van der Waals surface area contributed by atoms with Gasteiger partial charge in [0.1, 0.15) is 5.75 Å². The summed E-state index contributed by atoms with van der Waals surface area (Å²) in [4.78, 5) is 29.4. The van der Waals surface area contributed by atoms with Crippen LogP contribution in [0.15, 0.2) is 71.6 Å². The molecule has 0 saturated heterocycles. The molecule has 0 fully saturated rings. The number of carbonyl (C=O) groups is 2. The number of hydrogen-bond acceptors (Lipinski definition) is 8. The number of rotatable bonds is 10. The molecule has 0 saturated carbocycles. The number of carboxylic acid groups (broad SMARTS) is 1. The molecule has 1 aliphatic heterocycles. The van der Waals surface area contributed by atoms with Crippen molar-refractivity contribution in [3.05, 3.63) is 88.4 Å². The van der Waals surface area contributed by atoms with Gasteiger partial charge in [-0.2, -0.15) is 0 Å². The zero-order chi connectivity index (χ0) is 35.7. The number of fused-ring (bicyclic) bond motifs is 1. The van der Waals surface area contributed by atoms with Crippen LogP contribution < -0.4 is 9.46 Å². The van der Waals surface area contributed by atoms with Gasteiger partial charge in [0.2, 0.25) is 0 Å². The second kappa shape index (κ2) is 17.3. The number of halogens is 1. The minimum atomic E-state index is -3.99. The molecule has 0 spiro atoms. The molecule has 4 atom stereocenters. The lowest BCUT2D eigenvalue weighted by molar-refractivity contribution is -0.0177. The maximum atomic E-state index is 14.4. The van der Waals surface area contributed by atoms with Crippen molar-refractivity contribution in [2.75, 3.05) is 38.1 Å². The average Bonchev–Trinajstić information content (AvgIpc) is 3.06. The number of benzene rings is 3. The van der Waals surface area contributed by atoms with Gasteiger partial charge >= 0.3 is 5.97 Å². The van der Waals surface area contributed by atoms with E-state index in [0.29, 0.717) is 36.9 Å². The average molecular weight is 716 g/mol. The number of likely N-dealkylation sites (N-methyl/N-ethyl adjacent to an activating group) is 1. The Balaban J connectivity index is 1.62. The van der Waals surface area contributed by atoms with Crippen LogP contribution >= 0.6 is 11.6 Å². The number of nitrogens with zero attached hydrogens (tertiary/aromatic N) is 2. The van der Waals surface area contributed by atoms with E-state index >= 15 is 0 Å². The highest BCUT2D eigenvalue weighted by Crippen LogP contribution is 2.30. The lowest BCUT2D eigenvalue weighted by atomic mass is 10.0. The highest BCUT2D eigenvalue weighted by molar-refractivity contribution is 7.92. The topological polar surface area (TPSA) is 146 Å². The van der Waals surface area contributed by atoms with Gasteiger partial charge in [-0.25, -0.2) is 13.2 Å². The van der Waals surface area contributed by atoms with Gasteiger partial charge in [-0.05, 0) is 100 Å². The van der Waals surface area contributed by atoms with E-state index in [4.69, 9.17) is 21.1 Å². The van der Waals surface area contributed by atoms with Crippen LogP contribution in [0, 0.1) is 5.92 Å². The lowest BCUT2D eigenvalue weighted by Crippen LogP contribution is -2.47. The molecule has 1 amide bonds. The van der Waals surface area contributed by atoms with Gasteiger partial charge in [-0.15, -0.1) is 0 Å². The number of anilines is 1. The molecule has 0 unspecified atom stereocenters. The molecule has 3 N–H and O–H groups in total. The molecule has 0 radical (unpaired) electrons. The fourth-order valence-corrected chi connectivity index (χ4v) is 6.89. The zero-order valence-electron chi connectivity index (χ0n) is 28.3. The molecule has 3 aromatic carbocycles. The van der Waals surface area contributed by atoms with Gasteiger partial charge in [0, 0.05) is 42.9 Å². The van der Waals surface area contributed by atoms with E-state index in [1.807, 2.05) is 20.9 Å². The van der Waals surface area contributed by atoms with Gasteiger partial charge in [0.15, 0.2) is 0 Å². The smallest absolute Gasteiger partial charge is 0.335 e. The molecular weight excluding hydrogens is 670 g/mol. The summed E-state index contributed by atoms with van der Waals surface area (Å²) >= 11 is 5.95. The third kappa shape index (κ3) is 10.7. The summed E-state index contributed by atoms with van der Waals surface area (Å²) in [6.45, 7) is 7.30. The number of carbonyl (C=O) groups excluding carboxylic acids is 1. The van der Waals surface area contributed by atoms with E-state index in [1.54, 1.807) is 48.2 Å². The second-order valence-electron chi connectivity index (χ2n) is 12.8. The van der Waals surface area contributed by atoms with Crippen molar-refractivity contribution in [1.29, 1.82) is 0 Å². The first kappa shape index (κ1) is 38.1. The molecule has 4 rings (SSSR count). The van der Waals surface area contributed by atoms with Crippen LogP contribution in [0.2, 0.25) is 5.02 Å². The van der Waals surface area contributed by atoms with Crippen LogP contribution in [0.25, 0.3) is 0 Å². The van der Waals surface area contributed by atoms with Crippen LogP contribution in [0.3, 0.4) is 0 Å².